The number of piperidine rings is 1. The van der Waals surface area contributed by atoms with Crippen molar-refractivity contribution in [2.24, 2.45) is 5.92 Å². The van der Waals surface area contributed by atoms with Crippen LogP contribution in [-0.4, -0.2) is 34.3 Å². The van der Waals surface area contributed by atoms with Gasteiger partial charge in [0.1, 0.15) is 5.75 Å². The molecule has 98 valence electrons. The first-order chi connectivity index (χ1) is 8.61. The summed E-state index contributed by atoms with van der Waals surface area (Å²) in [4.78, 5) is 14.1. The summed E-state index contributed by atoms with van der Waals surface area (Å²) in [6.45, 7) is 1.48. The summed E-state index contributed by atoms with van der Waals surface area (Å²) in [5, 5.41) is 11.1. The van der Waals surface area contributed by atoms with E-state index in [1.807, 2.05) is 0 Å². The van der Waals surface area contributed by atoms with Gasteiger partial charge >= 0.3 is 0 Å². The molecule has 0 aliphatic carbocycles. The molecule has 0 spiro atoms. The monoisotopic (exact) mass is 331 g/mol. The number of phenols is 1. The molecule has 1 aliphatic heterocycles. The number of halogens is 2. The van der Waals surface area contributed by atoms with Crippen molar-refractivity contribution in [2.45, 2.75) is 12.8 Å². The number of hydrogen-bond acceptors (Lipinski definition) is 2. The van der Waals surface area contributed by atoms with Gasteiger partial charge in [-0.2, -0.15) is 0 Å². The fourth-order valence-electron chi connectivity index (χ4n) is 2.23. The minimum absolute atomic E-state index is 0.00892. The van der Waals surface area contributed by atoms with E-state index in [4.69, 9.17) is 11.6 Å². The molecule has 5 heteroatoms. The van der Waals surface area contributed by atoms with Gasteiger partial charge in [-0.1, -0.05) is 27.5 Å². The Kier molecular flexibility index (Phi) is 4.51. The summed E-state index contributed by atoms with van der Waals surface area (Å²) >= 11 is 9.33. The molecular weight excluding hydrogens is 318 g/mol. The molecular formula is C13H15BrClNO2. The molecule has 2 rings (SSSR count). The van der Waals surface area contributed by atoms with Gasteiger partial charge in [-0.25, -0.2) is 0 Å². The first-order valence-electron chi connectivity index (χ1n) is 5.95. The maximum Gasteiger partial charge on any atom is 0.257 e. The normalized spacial score (nSPS) is 19.9. The topological polar surface area (TPSA) is 40.5 Å². The van der Waals surface area contributed by atoms with Crippen LogP contribution in [-0.2, 0) is 0 Å². The van der Waals surface area contributed by atoms with E-state index in [1.165, 1.54) is 12.1 Å². The van der Waals surface area contributed by atoms with Gasteiger partial charge in [0.05, 0.1) is 5.56 Å². The smallest absolute Gasteiger partial charge is 0.257 e. The zero-order valence-electron chi connectivity index (χ0n) is 9.90. The lowest BCUT2D eigenvalue weighted by Gasteiger charge is -2.32. The molecule has 3 nitrogen and oxygen atoms in total. The van der Waals surface area contributed by atoms with E-state index >= 15 is 0 Å². The molecule has 1 heterocycles. The van der Waals surface area contributed by atoms with Gasteiger partial charge in [-0.05, 0) is 37.0 Å². The Hall–Kier alpha value is -0.740. The van der Waals surface area contributed by atoms with Crippen molar-refractivity contribution in [3.8, 4) is 5.75 Å². The van der Waals surface area contributed by atoms with Gasteiger partial charge in [0.15, 0.2) is 0 Å². The van der Waals surface area contributed by atoms with E-state index in [2.05, 4.69) is 15.9 Å². The molecule has 1 atom stereocenters. The van der Waals surface area contributed by atoms with Crippen molar-refractivity contribution in [2.75, 3.05) is 18.4 Å². The minimum Gasteiger partial charge on any atom is -0.507 e. The Bertz CT molecular complexity index is 453. The zero-order valence-corrected chi connectivity index (χ0v) is 12.2. The highest BCUT2D eigenvalue weighted by atomic mass is 79.9. The van der Waals surface area contributed by atoms with Crippen LogP contribution < -0.4 is 0 Å². The van der Waals surface area contributed by atoms with E-state index < -0.39 is 0 Å². The SMILES string of the molecule is O=C(c1cc(Cl)ccc1O)N1CCCC(CBr)C1. The number of amides is 1. The molecule has 1 aromatic carbocycles. The first-order valence-corrected chi connectivity index (χ1v) is 7.45. The summed E-state index contributed by atoms with van der Waals surface area (Å²) in [5.74, 6) is 0.343. The first kappa shape index (κ1) is 13.7. The third-order valence-electron chi connectivity index (χ3n) is 3.21. The van der Waals surface area contributed by atoms with E-state index in [9.17, 15) is 9.90 Å². The fraction of sp³-hybridized carbons (Fsp3) is 0.462. The summed E-state index contributed by atoms with van der Waals surface area (Å²) in [5.41, 5.74) is 0.290. The van der Waals surface area contributed by atoms with Crippen LogP contribution in [0.5, 0.6) is 5.75 Å². The number of likely N-dealkylation sites (tertiary alicyclic amines) is 1. The molecule has 1 aliphatic rings. The van der Waals surface area contributed by atoms with Crippen LogP contribution in [0, 0.1) is 5.92 Å². The summed E-state index contributed by atoms with van der Waals surface area (Å²) in [6.07, 6.45) is 2.14. The molecule has 0 bridgehead atoms. The van der Waals surface area contributed by atoms with Gasteiger partial charge in [0, 0.05) is 23.4 Å². The molecule has 18 heavy (non-hydrogen) atoms. The molecule has 1 N–H and O–H groups in total. The lowest BCUT2D eigenvalue weighted by Crippen LogP contribution is -2.40. The summed E-state index contributed by atoms with van der Waals surface area (Å²) in [6, 6.07) is 4.56. The van der Waals surface area contributed by atoms with Crippen molar-refractivity contribution in [1.29, 1.82) is 0 Å². The Morgan fingerprint density at radius 2 is 2.33 bits per heavy atom. The molecule has 0 aromatic heterocycles. The largest absolute Gasteiger partial charge is 0.507 e. The second kappa shape index (κ2) is 5.93. The molecule has 1 fully saturated rings. The van der Waals surface area contributed by atoms with Gasteiger partial charge in [0.25, 0.3) is 5.91 Å². The Labute approximate surface area is 120 Å². The summed E-state index contributed by atoms with van der Waals surface area (Å²) in [7, 11) is 0. The standard InChI is InChI=1S/C13H15BrClNO2/c14-7-9-2-1-5-16(8-9)13(18)11-6-10(15)3-4-12(11)17/h3-4,6,9,17H,1-2,5,7-8H2. The molecule has 0 radical (unpaired) electrons. The van der Waals surface area contributed by atoms with E-state index in [0.29, 0.717) is 10.9 Å². The van der Waals surface area contributed by atoms with E-state index in [-0.39, 0.29) is 17.2 Å². The van der Waals surface area contributed by atoms with Crippen LogP contribution in [0.15, 0.2) is 18.2 Å². The predicted molar refractivity (Wildman–Crippen MR) is 75.5 cm³/mol. The zero-order chi connectivity index (χ0) is 13.1. The quantitative estimate of drug-likeness (QED) is 0.844. The van der Waals surface area contributed by atoms with Crippen LogP contribution in [0.2, 0.25) is 5.02 Å². The predicted octanol–water partition coefficient (Wildman–Crippen LogP) is 3.29. The van der Waals surface area contributed by atoms with E-state index in [0.717, 1.165) is 31.3 Å². The van der Waals surface area contributed by atoms with Crippen LogP contribution in [0.4, 0.5) is 0 Å². The van der Waals surface area contributed by atoms with Gasteiger partial charge < -0.3 is 10.0 Å². The van der Waals surface area contributed by atoms with Crippen molar-refractivity contribution < 1.29 is 9.90 Å². The molecule has 1 saturated heterocycles. The number of benzene rings is 1. The number of carbonyl (C=O) groups excluding carboxylic acids is 1. The number of aromatic hydroxyl groups is 1. The van der Waals surface area contributed by atoms with Crippen LogP contribution >= 0.6 is 27.5 Å². The highest BCUT2D eigenvalue weighted by molar-refractivity contribution is 9.09. The number of alkyl halides is 1. The van der Waals surface area contributed by atoms with Crippen LogP contribution in [0.3, 0.4) is 0 Å². The maximum atomic E-state index is 12.3. The van der Waals surface area contributed by atoms with Crippen molar-refractivity contribution in [1.82, 2.24) is 4.90 Å². The van der Waals surface area contributed by atoms with Crippen molar-refractivity contribution in [3.05, 3.63) is 28.8 Å². The Balaban J connectivity index is 2.17. The lowest BCUT2D eigenvalue weighted by atomic mass is 9.99. The Morgan fingerprint density at radius 1 is 1.56 bits per heavy atom. The van der Waals surface area contributed by atoms with Crippen molar-refractivity contribution in [3.63, 3.8) is 0 Å². The maximum absolute atomic E-state index is 12.3. The average Bonchev–Trinajstić information content (AvgIpc) is 2.41. The number of hydrogen-bond donors (Lipinski definition) is 1. The number of nitrogens with zero attached hydrogens (tertiary/aromatic N) is 1. The Morgan fingerprint density at radius 3 is 3.06 bits per heavy atom. The van der Waals surface area contributed by atoms with Crippen molar-refractivity contribution >= 4 is 33.4 Å². The minimum atomic E-state index is -0.138. The number of carbonyl (C=O) groups is 1. The highest BCUT2D eigenvalue weighted by Gasteiger charge is 2.25. The van der Waals surface area contributed by atoms with Gasteiger partial charge in [0.2, 0.25) is 0 Å². The third-order valence-corrected chi connectivity index (χ3v) is 4.36. The van der Waals surface area contributed by atoms with E-state index in [1.54, 1.807) is 11.0 Å². The lowest BCUT2D eigenvalue weighted by molar-refractivity contribution is 0.0683. The molecule has 1 amide bonds. The number of rotatable bonds is 2. The molecule has 1 unspecified atom stereocenters. The van der Waals surface area contributed by atoms with Crippen LogP contribution in [0.1, 0.15) is 23.2 Å². The third kappa shape index (κ3) is 2.98. The number of phenolic OH excluding ortho intramolecular Hbond substituents is 1. The summed E-state index contributed by atoms with van der Waals surface area (Å²) < 4.78 is 0. The molecule has 1 aromatic rings. The highest BCUT2D eigenvalue weighted by Crippen LogP contribution is 2.26. The second-order valence-electron chi connectivity index (χ2n) is 4.58. The fourth-order valence-corrected chi connectivity index (χ4v) is 2.93. The molecule has 0 saturated carbocycles. The second-order valence-corrected chi connectivity index (χ2v) is 5.66. The van der Waals surface area contributed by atoms with Crippen LogP contribution in [0.25, 0.3) is 0 Å². The van der Waals surface area contributed by atoms with Gasteiger partial charge in [-0.15, -0.1) is 0 Å². The average molecular weight is 333 g/mol. The van der Waals surface area contributed by atoms with Gasteiger partial charge in [-0.3, -0.25) is 4.79 Å².